The standard InChI is InChI=1S/C10H13BrN2O/c11-8-7-12-5-4-9(8)13-6-2-1-3-10(13)14/h4-5,7,10,14H,1-3,6H2. The minimum Gasteiger partial charge on any atom is -0.374 e. The average molecular weight is 257 g/mol. The molecule has 1 fully saturated rings. The highest BCUT2D eigenvalue weighted by molar-refractivity contribution is 9.10. The zero-order chi connectivity index (χ0) is 9.97. The van der Waals surface area contributed by atoms with Crippen LogP contribution in [-0.4, -0.2) is 22.9 Å². The average Bonchev–Trinajstić information content (AvgIpc) is 2.20. The minimum absolute atomic E-state index is 0.345. The first-order valence-electron chi connectivity index (χ1n) is 4.83. The van der Waals surface area contributed by atoms with Crippen molar-refractivity contribution in [3.8, 4) is 0 Å². The fraction of sp³-hybridized carbons (Fsp3) is 0.500. The summed E-state index contributed by atoms with van der Waals surface area (Å²) in [5.41, 5.74) is 1.03. The number of piperidine rings is 1. The van der Waals surface area contributed by atoms with Gasteiger partial charge in [-0.3, -0.25) is 4.98 Å². The normalized spacial score (nSPS) is 22.4. The molecule has 1 aliphatic heterocycles. The fourth-order valence-corrected chi connectivity index (χ4v) is 2.27. The Labute approximate surface area is 91.9 Å². The summed E-state index contributed by atoms with van der Waals surface area (Å²) in [4.78, 5) is 6.03. The van der Waals surface area contributed by atoms with E-state index in [2.05, 4.69) is 20.9 Å². The van der Waals surface area contributed by atoms with Gasteiger partial charge in [-0.15, -0.1) is 0 Å². The van der Waals surface area contributed by atoms with Crippen LogP contribution in [0, 0.1) is 0 Å². The van der Waals surface area contributed by atoms with Gasteiger partial charge in [-0.25, -0.2) is 0 Å². The smallest absolute Gasteiger partial charge is 0.126 e. The van der Waals surface area contributed by atoms with Crippen molar-refractivity contribution in [3.63, 3.8) is 0 Å². The Balaban J connectivity index is 2.25. The van der Waals surface area contributed by atoms with Crippen molar-refractivity contribution in [1.29, 1.82) is 0 Å². The topological polar surface area (TPSA) is 36.4 Å². The number of aliphatic hydroxyl groups is 1. The Morgan fingerprint density at radius 1 is 1.50 bits per heavy atom. The molecule has 76 valence electrons. The number of hydrogen-bond acceptors (Lipinski definition) is 3. The second kappa shape index (κ2) is 4.28. The molecular formula is C10H13BrN2O. The van der Waals surface area contributed by atoms with Gasteiger partial charge < -0.3 is 10.0 Å². The van der Waals surface area contributed by atoms with Crippen LogP contribution in [0.1, 0.15) is 19.3 Å². The van der Waals surface area contributed by atoms with Gasteiger partial charge in [0.15, 0.2) is 0 Å². The molecular weight excluding hydrogens is 244 g/mol. The summed E-state index contributed by atoms with van der Waals surface area (Å²) in [7, 11) is 0. The molecule has 0 spiro atoms. The molecule has 0 aromatic carbocycles. The number of aromatic nitrogens is 1. The van der Waals surface area contributed by atoms with Crippen LogP contribution in [-0.2, 0) is 0 Å². The molecule has 2 rings (SSSR count). The van der Waals surface area contributed by atoms with Gasteiger partial charge in [0.2, 0.25) is 0 Å². The van der Waals surface area contributed by atoms with Crippen LogP contribution in [0.4, 0.5) is 5.69 Å². The highest BCUT2D eigenvalue weighted by Crippen LogP contribution is 2.29. The fourth-order valence-electron chi connectivity index (χ4n) is 1.80. The lowest BCUT2D eigenvalue weighted by Gasteiger charge is -2.34. The number of halogens is 1. The Morgan fingerprint density at radius 2 is 2.36 bits per heavy atom. The minimum atomic E-state index is -0.345. The first-order valence-corrected chi connectivity index (χ1v) is 5.62. The van der Waals surface area contributed by atoms with Crippen LogP contribution in [0.3, 0.4) is 0 Å². The maximum absolute atomic E-state index is 9.83. The third-order valence-electron chi connectivity index (χ3n) is 2.53. The largest absolute Gasteiger partial charge is 0.374 e. The molecule has 4 heteroatoms. The number of anilines is 1. The summed E-state index contributed by atoms with van der Waals surface area (Å²) in [5, 5.41) is 9.83. The summed E-state index contributed by atoms with van der Waals surface area (Å²) in [6, 6.07) is 1.93. The number of nitrogens with zero attached hydrogens (tertiary/aromatic N) is 2. The molecule has 1 unspecified atom stereocenters. The predicted molar refractivity (Wildman–Crippen MR) is 59.1 cm³/mol. The van der Waals surface area contributed by atoms with Crippen molar-refractivity contribution < 1.29 is 5.11 Å². The second-order valence-corrected chi connectivity index (χ2v) is 4.35. The number of pyridine rings is 1. The van der Waals surface area contributed by atoms with Crippen molar-refractivity contribution >= 4 is 21.6 Å². The summed E-state index contributed by atoms with van der Waals surface area (Å²) < 4.78 is 0.945. The zero-order valence-corrected chi connectivity index (χ0v) is 9.44. The van der Waals surface area contributed by atoms with Crippen LogP contribution in [0.5, 0.6) is 0 Å². The van der Waals surface area contributed by atoms with Gasteiger partial charge in [0.1, 0.15) is 6.23 Å². The lowest BCUT2D eigenvalue weighted by molar-refractivity contribution is 0.140. The first kappa shape index (κ1) is 9.93. The summed E-state index contributed by atoms with van der Waals surface area (Å²) in [5.74, 6) is 0. The SMILES string of the molecule is OC1CCCCN1c1ccncc1Br. The van der Waals surface area contributed by atoms with E-state index < -0.39 is 0 Å². The van der Waals surface area contributed by atoms with Crippen LogP contribution >= 0.6 is 15.9 Å². The van der Waals surface area contributed by atoms with Crippen LogP contribution in [0.2, 0.25) is 0 Å². The van der Waals surface area contributed by atoms with E-state index in [1.165, 1.54) is 0 Å². The van der Waals surface area contributed by atoms with Gasteiger partial charge in [-0.2, -0.15) is 0 Å². The van der Waals surface area contributed by atoms with Crippen LogP contribution < -0.4 is 4.90 Å². The number of rotatable bonds is 1. The molecule has 3 nitrogen and oxygen atoms in total. The van der Waals surface area contributed by atoms with Gasteiger partial charge in [-0.1, -0.05) is 0 Å². The highest BCUT2D eigenvalue weighted by atomic mass is 79.9. The van der Waals surface area contributed by atoms with E-state index in [0.717, 1.165) is 36.0 Å². The van der Waals surface area contributed by atoms with Gasteiger partial charge >= 0.3 is 0 Å². The first-order chi connectivity index (χ1) is 6.79. The molecule has 14 heavy (non-hydrogen) atoms. The summed E-state index contributed by atoms with van der Waals surface area (Å²) >= 11 is 3.44. The number of aliphatic hydroxyl groups excluding tert-OH is 1. The molecule has 1 atom stereocenters. The molecule has 1 N–H and O–H groups in total. The lowest BCUT2D eigenvalue weighted by atomic mass is 10.1. The third kappa shape index (κ3) is 1.91. The van der Waals surface area contributed by atoms with Gasteiger partial charge in [0.25, 0.3) is 0 Å². The Hall–Kier alpha value is -0.610. The maximum Gasteiger partial charge on any atom is 0.126 e. The molecule has 1 aromatic heterocycles. The monoisotopic (exact) mass is 256 g/mol. The van der Waals surface area contributed by atoms with E-state index in [4.69, 9.17) is 0 Å². The zero-order valence-electron chi connectivity index (χ0n) is 7.86. The van der Waals surface area contributed by atoms with E-state index in [1.54, 1.807) is 12.4 Å². The van der Waals surface area contributed by atoms with E-state index in [0.29, 0.717) is 0 Å². The van der Waals surface area contributed by atoms with Gasteiger partial charge in [0.05, 0.1) is 10.2 Å². The second-order valence-electron chi connectivity index (χ2n) is 3.50. The third-order valence-corrected chi connectivity index (χ3v) is 3.14. The highest BCUT2D eigenvalue weighted by Gasteiger charge is 2.21. The Kier molecular flexibility index (Phi) is 3.03. The molecule has 0 radical (unpaired) electrons. The van der Waals surface area contributed by atoms with Crippen LogP contribution in [0.25, 0.3) is 0 Å². The van der Waals surface area contributed by atoms with Gasteiger partial charge in [0, 0.05) is 18.9 Å². The van der Waals surface area contributed by atoms with Crippen molar-refractivity contribution in [1.82, 2.24) is 4.98 Å². The van der Waals surface area contributed by atoms with Crippen molar-refractivity contribution in [2.45, 2.75) is 25.5 Å². The molecule has 0 bridgehead atoms. The molecule has 0 aliphatic carbocycles. The van der Waals surface area contributed by atoms with E-state index >= 15 is 0 Å². The quantitative estimate of drug-likeness (QED) is 0.837. The van der Waals surface area contributed by atoms with Crippen molar-refractivity contribution in [2.24, 2.45) is 0 Å². The van der Waals surface area contributed by atoms with E-state index in [1.807, 2.05) is 11.0 Å². The maximum atomic E-state index is 9.83. The lowest BCUT2D eigenvalue weighted by Crippen LogP contribution is -2.39. The van der Waals surface area contributed by atoms with E-state index in [9.17, 15) is 5.11 Å². The van der Waals surface area contributed by atoms with Gasteiger partial charge in [-0.05, 0) is 41.3 Å². The predicted octanol–water partition coefficient (Wildman–Crippen LogP) is 2.15. The molecule has 1 aliphatic rings. The van der Waals surface area contributed by atoms with E-state index in [-0.39, 0.29) is 6.23 Å². The molecule has 0 saturated carbocycles. The molecule has 1 aromatic rings. The Morgan fingerprint density at radius 3 is 3.07 bits per heavy atom. The number of hydrogen-bond donors (Lipinski definition) is 1. The Bertz CT molecular complexity index is 319. The van der Waals surface area contributed by atoms with Crippen LogP contribution in [0.15, 0.2) is 22.9 Å². The molecule has 1 saturated heterocycles. The summed E-state index contributed by atoms with van der Waals surface area (Å²) in [6.45, 7) is 0.920. The van der Waals surface area contributed by atoms with Crippen molar-refractivity contribution in [3.05, 3.63) is 22.9 Å². The molecule has 0 amide bonds. The molecule has 2 heterocycles. The van der Waals surface area contributed by atoms with Crippen molar-refractivity contribution in [2.75, 3.05) is 11.4 Å². The summed E-state index contributed by atoms with van der Waals surface area (Å²) in [6.07, 6.45) is 6.28.